The van der Waals surface area contributed by atoms with E-state index in [1.165, 1.54) is 5.56 Å². The summed E-state index contributed by atoms with van der Waals surface area (Å²) in [5, 5.41) is 1.57. The van der Waals surface area contributed by atoms with E-state index in [0.29, 0.717) is 6.54 Å². The molecule has 4 heteroatoms. The first kappa shape index (κ1) is 17.8. The lowest BCUT2D eigenvalue weighted by Gasteiger charge is -2.34. The zero-order chi connectivity index (χ0) is 17.1. The number of nitrogens with zero attached hydrogens (tertiary/aromatic N) is 1. The first-order valence-corrected chi connectivity index (χ1v) is 11.6. The van der Waals surface area contributed by atoms with Gasteiger partial charge in [0.05, 0.1) is 8.07 Å². The molecule has 1 aliphatic heterocycles. The van der Waals surface area contributed by atoms with Gasteiger partial charge in [0.1, 0.15) is 5.60 Å². The molecule has 0 saturated carbocycles. The average molecular weight is 332 g/mol. The lowest BCUT2D eigenvalue weighted by atomic mass is 10.2. The molecule has 0 unspecified atom stereocenters. The predicted octanol–water partition coefficient (Wildman–Crippen LogP) is 4.58. The number of amides is 1. The molecule has 0 aromatic heterocycles. The van der Waals surface area contributed by atoms with Gasteiger partial charge in [0, 0.05) is 13.1 Å². The van der Waals surface area contributed by atoms with E-state index in [9.17, 15) is 4.79 Å². The van der Waals surface area contributed by atoms with E-state index in [4.69, 9.17) is 4.74 Å². The quantitative estimate of drug-likeness (QED) is 0.759. The van der Waals surface area contributed by atoms with E-state index >= 15 is 0 Å². The molecule has 0 spiro atoms. The second kappa shape index (κ2) is 6.91. The third-order valence-electron chi connectivity index (χ3n) is 4.22. The molecule has 0 fully saturated rings. The smallest absolute Gasteiger partial charge is 0.410 e. The van der Waals surface area contributed by atoms with Crippen molar-refractivity contribution in [1.29, 1.82) is 0 Å². The van der Waals surface area contributed by atoms with Crippen LogP contribution in [0.1, 0.15) is 32.8 Å². The van der Waals surface area contributed by atoms with Crippen LogP contribution in [0.15, 0.2) is 41.6 Å². The fourth-order valence-electron chi connectivity index (χ4n) is 3.00. The number of rotatable bonds is 3. The standard InChI is InChI=1S/C19H29NO2Si/c1-19(2,3)22-18(21)20-13-11-17(12-14-20)23(4,5)15-16-9-7-6-8-10-16/h6-11H,12-15H2,1-5H3. The van der Waals surface area contributed by atoms with Gasteiger partial charge in [-0.3, -0.25) is 0 Å². The number of hydrogen-bond donors (Lipinski definition) is 0. The van der Waals surface area contributed by atoms with Gasteiger partial charge in [-0.25, -0.2) is 4.79 Å². The summed E-state index contributed by atoms with van der Waals surface area (Å²) in [5.41, 5.74) is 0.988. The van der Waals surface area contributed by atoms with Crippen LogP contribution in [0.3, 0.4) is 0 Å². The Balaban J connectivity index is 1.99. The SMILES string of the molecule is CC(C)(C)OC(=O)N1CC=C([Si](C)(C)Cc2ccccc2)CC1. The molecule has 1 aliphatic rings. The third-order valence-corrected chi connectivity index (χ3v) is 7.70. The van der Waals surface area contributed by atoms with Crippen molar-refractivity contribution in [3.05, 3.63) is 47.2 Å². The highest BCUT2D eigenvalue weighted by Crippen LogP contribution is 2.26. The van der Waals surface area contributed by atoms with Crippen molar-refractivity contribution < 1.29 is 9.53 Å². The van der Waals surface area contributed by atoms with E-state index < -0.39 is 13.7 Å². The molecule has 1 heterocycles. The molecule has 126 valence electrons. The normalized spacial score (nSPS) is 16.0. The summed E-state index contributed by atoms with van der Waals surface area (Å²) in [6, 6.07) is 11.9. The summed E-state index contributed by atoms with van der Waals surface area (Å²) in [5.74, 6) is 0. The largest absolute Gasteiger partial charge is 0.444 e. The maximum Gasteiger partial charge on any atom is 0.410 e. The monoisotopic (exact) mass is 331 g/mol. The Hall–Kier alpha value is -1.55. The lowest BCUT2D eigenvalue weighted by Crippen LogP contribution is -2.43. The fraction of sp³-hybridized carbons (Fsp3) is 0.526. The summed E-state index contributed by atoms with van der Waals surface area (Å²) in [6.07, 6.45) is 3.05. The molecule has 0 saturated heterocycles. The lowest BCUT2D eigenvalue weighted by molar-refractivity contribution is 0.0267. The predicted molar refractivity (Wildman–Crippen MR) is 98.1 cm³/mol. The zero-order valence-electron chi connectivity index (χ0n) is 15.1. The molecule has 0 aliphatic carbocycles. The van der Waals surface area contributed by atoms with Crippen LogP contribution >= 0.6 is 0 Å². The molecule has 23 heavy (non-hydrogen) atoms. The van der Waals surface area contributed by atoms with Gasteiger partial charge in [0.2, 0.25) is 0 Å². The summed E-state index contributed by atoms with van der Waals surface area (Å²) >= 11 is 0. The second-order valence-corrected chi connectivity index (χ2v) is 12.7. The van der Waals surface area contributed by atoms with Crippen LogP contribution in [0.4, 0.5) is 4.79 Å². The Morgan fingerprint density at radius 3 is 2.39 bits per heavy atom. The second-order valence-electron chi connectivity index (χ2n) is 7.95. The Morgan fingerprint density at radius 2 is 1.87 bits per heavy atom. The molecule has 1 aromatic carbocycles. The van der Waals surface area contributed by atoms with Gasteiger partial charge in [-0.15, -0.1) is 0 Å². The molecule has 2 rings (SSSR count). The minimum absolute atomic E-state index is 0.199. The molecule has 0 radical (unpaired) electrons. The van der Waals surface area contributed by atoms with Crippen LogP contribution in [0, 0.1) is 0 Å². The minimum atomic E-state index is -1.47. The highest BCUT2D eigenvalue weighted by atomic mass is 28.3. The van der Waals surface area contributed by atoms with E-state index in [-0.39, 0.29) is 6.09 Å². The number of hydrogen-bond acceptors (Lipinski definition) is 2. The van der Waals surface area contributed by atoms with Crippen molar-refractivity contribution in [2.24, 2.45) is 0 Å². The van der Waals surface area contributed by atoms with Crippen molar-refractivity contribution in [3.8, 4) is 0 Å². The number of carbonyl (C=O) groups is 1. The summed E-state index contributed by atoms with van der Waals surface area (Å²) in [6.45, 7) is 12.0. The number of benzene rings is 1. The maximum atomic E-state index is 12.1. The van der Waals surface area contributed by atoms with Crippen molar-refractivity contribution >= 4 is 14.2 Å². The van der Waals surface area contributed by atoms with E-state index in [1.807, 2.05) is 25.7 Å². The van der Waals surface area contributed by atoms with Crippen LogP contribution < -0.4 is 0 Å². The van der Waals surface area contributed by atoms with Gasteiger partial charge in [-0.1, -0.05) is 60.3 Å². The Bertz CT molecular complexity index is 573. The van der Waals surface area contributed by atoms with Crippen LogP contribution in [-0.4, -0.2) is 37.8 Å². The Labute approximate surface area is 141 Å². The van der Waals surface area contributed by atoms with Crippen LogP contribution in [0.5, 0.6) is 0 Å². The van der Waals surface area contributed by atoms with E-state index in [2.05, 4.69) is 49.5 Å². The summed E-state index contributed by atoms with van der Waals surface area (Å²) in [4.78, 5) is 14.0. The van der Waals surface area contributed by atoms with Gasteiger partial charge in [-0.2, -0.15) is 0 Å². The van der Waals surface area contributed by atoms with Crippen molar-refractivity contribution in [3.63, 3.8) is 0 Å². The fourth-order valence-corrected chi connectivity index (χ4v) is 5.91. The molecular formula is C19H29NO2Si. The molecular weight excluding hydrogens is 302 g/mol. The molecule has 0 N–H and O–H groups in total. The van der Waals surface area contributed by atoms with E-state index in [0.717, 1.165) is 19.0 Å². The average Bonchev–Trinajstić information content (AvgIpc) is 2.46. The van der Waals surface area contributed by atoms with Crippen LogP contribution in [0.2, 0.25) is 13.1 Å². The van der Waals surface area contributed by atoms with Gasteiger partial charge in [0.15, 0.2) is 0 Å². The molecule has 1 aromatic rings. The minimum Gasteiger partial charge on any atom is -0.444 e. The van der Waals surface area contributed by atoms with Gasteiger partial charge in [-0.05, 0) is 33.2 Å². The topological polar surface area (TPSA) is 29.5 Å². The zero-order valence-corrected chi connectivity index (χ0v) is 16.1. The third kappa shape index (κ3) is 5.24. The Kier molecular flexibility index (Phi) is 5.35. The summed E-state index contributed by atoms with van der Waals surface area (Å²) < 4.78 is 5.46. The van der Waals surface area contributed by atoms with Crippen LogP contribution in [0.25, 0.3) is 0 Å². The van der Waals surface area contributed by atoms with Crippen molar-refractivity contribution in [2.45, 2.75) is 51.9 Å². The summed E-state index contributed by atoms with van der Waals surface area (Å²) in [7, 11) is -1.47. The van der Waals surface area contributed by atoms with Gasteiger partial charge < -0.3 is 9.64 Å². The highest BCUT2D eigenvalue weighted by molar-refractivity contribution is 6.83. The molecule has 0 bridgehead atoms. The molecule has 3 nitrogen and oxygen atoms in total. The van der Waals surface area contributed by atoms with Crippen molar-refractivity contribution in [1.82, 2.24) is 4.90 Å². The van der Waals surface area contributed by atoms with Gasteiger partial charge >= 0.3 is 6.09 Å². The molecule has 1 amide bonds. The van der Waals surface area contributed by atoms with E-state index in [1.54, 1.807) is 5.20 Å². The Morgan fingerprint density at radius 1 is 1.22 bits per heavy atom. The number of carbonyl (C=O) groups excluding carboxylic acids is 1. The van der Waals surface area contributed by atoms with Crippen LogP contribution in [-0.2, 0) is 10.8 Å². The highest BCUT2D eigenvalue weighted by Gasteiger charge is 2.30. The first-order chi connectivity index (χ1) is 10.7. The van der Waals surface area contributed by atoms with Gasteiger partial charge in [0.25, 0.3) is 0 Å². The first-order valence-electron chi connectivity index (χ1n) is 8.39. The number of ether oxygens (including phenoxy) is 1. The molecule has 0 atom stereocenters. The van der Waals surface area contributed by atoms with Crippen molar-refractivity contribution in [2.75, 3.05) is 13.1 Å². The maximum absolute atomic E-state index is 12.1.